The first-order valence-electron chi connectivity index (χ1n) is 17.4. The molecule has 0 bridgehead atoms. The Morgan fingerprint density at radius 2 is 0.882 bits per heavy atom. The third-order valence-electron chi connectivity index (χ3n) is 10.5. The van der Waals surface area contributed by atoms with Crippen LogP contribution >= 0.6 is 0 Å². The normalized spacial score (nSPS) is 11.9. The van der Waals surface area contributed by atoms with Crippen molar-refractivity contribution in [2.75, 3.05) is 0 Å². The zero-order valence-corrected chi connectivity index (χ0v) is 27.6. The van der Waals surface area contributed by atoms with Gasteiger partial charge in [-0.05, 0) is 82.9 Å². The van der Waals surface area contributed by atoms with Gasteiger partial charge in [-0.15, -0.1) is 0 Å². The molecule has 0 aliphatic heterocycles. The van der Waals surface area contributed by atoms with E-state index < -0.39 is 0 Å². The summed E-state index contributed by atoms with van der Waals surface area (Å²) in [5, 5.41) is 7.12. The lowest BCUT2D eigenvalue weighted by atomic mass is 9.98. The minimum atomic E-state index is 0.887. The lowest BCUT2D eigenvalue weighted by molar-refractivity contribution is 0.669. The summed E-state index contributed by atoms with van der Waals surface area (Å²) in [7, 11) is 0. The van der Waals surface area contributed by atoms with Gasteiger partial charge in [-0.3, -0.25) is 0 Å². The summed E-state index contributed by atoms with van der Waals surface area (Å²) >= 11 is 0. The molecule has 3 nitrogen and oxygen atoms in total. The van der Waals surface area contributed by atoms with Crippen LogP contribution in [-0.2, 0) is 0 Å². The van der Waals surface area contributed by atoms with Crippen LogP contribution in [0.5, 0.6) is 0 Å². The summed E-state index contributed by atoms with van der Waals surface area (Å²) in [4.78, 5) is 0. The molecule has 3 heteroatoms. The van der Waals surface area contributed by atoms with Crippen molar-refractivity contribution in [3.05, 3.63) is 182 Å². The van der Waals surface area contributed by atoms with Crippen molar-refractivity contribution in [2.45, 2.75) is 0 Å². The van der Waals surface area contributed by atoms with Crippen LogP contribution in [0.15, 0.2) is 186 Å². The second-order valence-corrected chi connectivity index (χ2v) is 13.3. The number of aromatic nitrogens is 2. The molecule has 0 N–H and O–H groups in total. The SMILES string of the molecule is c1ccc(-c2cc(-c3ccccc3)cc(-n3c4c(ccc5oc6ccccc6c54)c4ccc5c(c6ccccc6n5-c5ccccc5)c43)c2)cc1. The van der Waals surface area contributed by atoms with Crippen molar-refractivity contribution in [3.8, 4) is 33.6 Å². The highest BCUT2D eigenvalue weighted by Gasteiger charge is 2.24. The summed E-state index contributed by atoms with van der Waals surface area (Å²) in [5.74, 6) is 0. The van der Waals surface area contributed by atoms with Crippen LogP contribution in [0.3, 0.4) is 0 Å². The van der Waals surface area contributed by atoms with E-state index in [1.165, 1.54) is 60.3 Å². The van der Waals surface area contributed by atoms with Gasteiger partial charge in [-0.2, -0.15) is 0 Å². The molecule has 0 unspecified atom stereocenters. The molecule has 0 saturated heterocycles. The first-order valence-corrected chi connectivity index (χ1v) is 17.4. The number of benzene rings is 8. The van der Waals surface area contributed by atoms with E-state index in [1.807, 2.05) is 0 Å². The van der Waals surface area contributed by atoms with Gasteiger partial charge in [0, 0.05) is 38.3 Å². The average Bonchev–Trinajstić information content (AvgIpc) is 3.86. The Bertz CT molecular complexity index is 3050. The molecule has 11 aromatic rings. The van der Waals surface area contributed by atoms with Gasteiger partial charge in [0.05, 0.1) is 27.5 Å². The summed E-state index contributed by atoms with van der Waals surface area (Å²) in [6.07, 6.45) is 0. The Kier molecular flexibility index (Phi) is 5.96. The second-order valence-electron chi connectivity index (χ2n) is 13.3. The van der Waals surface area contributed by atoms with Gasteiger partial charge in [-0.25, -0.2) is 0 Å². The fourth-order valence-corrected chi connectivity index (χ4v) is 8.30. The largest absolute Gasteiger partial charge is 0.456 e. The smallest absolute Gasteiger partial charge is 0.137 e. The first-order chi connectivity index (χ1) is 25.3. The molecule has 0 saturated carbocycles. The molecule has 238 valence electrons. The van der Waals surface area contributed by atoms with Crippen LogP contribution in [0.2, 0.25) is 0 Å². The molecule has 0 aliphatic carbocycles. The fourth-order valence-electron chi connectivity index (χ4n) is 8.30. The maximum absolute atomic E-state index is 6.54. The number of furan rings is 1. The van der Waals surface area contributed by atoms with Gasteiger partial charge < -0.3 is 13.6 Å². The Morgan fingerprint density at radius 3 is 1.59 bits per heavy atom. The van der Waals surface area contributed by atoms with E-state index in [1.54, 1.807) is 0 Å². The van der Waals surface area contributed by atoms with Crippen molar-refractivity contribution in [1.82, 2.24) is 9.13 Å². The van der Waals surface area contributed by atoms with Crippen molar-refractivity contribution < 1.29 is 4.42 Å². The molecule has 0 amide bonds. The van der Waals surface area contributed by atoms with Crippen LogP contribution in [0.1, 0.15) is 0 Å². The Morgan fingerprint density at radius 1 is 0.314 bits per heavy atom. The van der Waals surface area contributed by atoms with E-state index in [9.17, 15) is 0 Å². The molecular formula is C48H30N2O. The van der Waals surface area contributed by atoms with Gasteiger partial charge in [0.2, 0.25) is 0 Å². The molecule has 11 rings (SSSR count). The Balaban J connectivity index is 1.38. The number of fused-ring (bicyclic) bond motifs is 11. The standard InChI is InChI=1S/C48H30N2O/c1-4-14-31(15-5-1)33-28-34(32-16-6-2-7-17-32)30-36(29-33)50-47-37(38-25-27-44-46(48(38)50)40-21-11-13-23-43(40)51-44)24-26-42-45(47)39-20-10-12-22-41(39)49(42)35-18-8-3-9-19-35/h1-30H. The van der Waals surface area contributed by atoms with Crippen LogP contribution in [0, 0.1) is 0 Å². The van der Waals surface area contributed by atoms with Crippen LogP contribution < -0.4 is 0 Å². The van der Waals surface area contributed by atoms with Crippen LogP contribution in [0.25, 0.3) is 99.2 Å². The predicted octanol–water partition coefficient (Wildman–Crippen LogP) is 13.1. The number of nitrogens with zero attached hydrogens (tertiary/aromatic N) is 2. The highest BCUT2D eigenvalue weighted by atomic mass is 16.3. The minimum absolute atomic E-state index is 0.887. The lowest BCUT2D eigenvalue weighted by Gasteiger charge is -2.15. The van der Waals surface area contributed by atoms with Gasteiger partial charge in [-0.1, -0.05) is 121 Å². The fraction of sp³-hybridized carbons (Fsp3) is 0. The molecule has 0 spiro atoms. The van der Waals surface area contributed by atoms with E-state index >= 15 is 0 Å². The molecule has 3 heterocycles. The van der Waals surface area contributed by atoms with Crippen LogP contribution in [0.4, 0.5) is 0 Å². The van der Waals surface area contributed by atoms with E-state index in [-0.39, 0.29) is 0 Å². The molecule has 51 heavy (non-hydrogen) atoms. The van der Waals surface area contributed by atoms with Crippen molar-refractivity contribution in [2.24, 2.45) is 0 Å². The third kappa shape index (κ3) is 4.12. The zero-order valence-electron chi connectivity index (χ0n) is 27.6. The van der Waals surface area contributed by atoms with E-state index in [2.05, 4.69) is 191 Å². The van der Waals surface area contributed by atoms with Gasteiger partial charge in [0.25, 0.3) is 0 Å². The van der Waals surface area contributed by atoms with Gasteiger partial charge >= 0.3 is 0 Å². The molecule has 0 atom stereocenters. The summed E-state index contributed by atoms with van der Waals surface area (Å²) in [5.41, 5.74) is 13.4. The Hall–Kier alpha value is -6.84. The number of hydrogen-bond acceptors (Lipinski definition) is 1. The molecule has 0 aliphatic rings. The molecule has 0 fully saturated rings. The van der Waals surface area contributed by atoms with E-state index in [0.717, 1.165) is 38.8 Å². The van der Waals surface area contributed by atoms with Crippen LogP contribution in [-0.4, -0.2) is 9.13 Å². The maximum Gasteiger partial charge on any atom is 0.137 e. The highest BCUT2D eigenvalue weighted by Crippen LogP contribution is 2.46. The maximum atomic E-state index is 6.54. The second kappa shape index (κ2) is 10.8. The van der Waals surface area contributed by atoms with Gasteiger partial charge in [0.15, 0.2) is 0 Å². The quantitative estimate of drug-likeness (QED) is 0.186. The first kappa shape index (κ1) is 28.0. The molecule has 3 aromatic heterocycles. The third-order valence-corrected chi connectivity index (χ3v) is 10.5. The summed E-state index contributed by atoms with van der Waals surface area (Å²) in [6, 6.07) is 65.5. The topological polar surface area (TPSA) is 23.0 Å². The van der Waals surface area contributed by atoms with Crippen molar-refractivity contribution in [3.63, 3.8) is 0 Å². The molecule has 8 aromatic carbocycles. The average molecular weight is 651 g/mol. The van der Waals surface area contributed by atoms with E-state index in [4.69, 9.17) is 4.42 Å². The van der Waals surface area contributed by atoms with E-state index in [0.29, 0.717) is 0 Å². The highest BCUT2D eigenvalue weighted by molar-refractivity contribution is 6.31. The summed E-state index contributed by atoms with van der Waals surface area (Å²) < 4.78 is 11.5. The Labute approximate surface area is 293 Å². The monoisotopic (exact) mass is 650 g/mol. The molecule has 0 radical (unpaired) electrons. The summed E-state index contributed by atoms with van der Waals surface area (Å²) in [6.45, 7) is 0. The molecular weight excluding hydrogens is 621 g/mol. The van der Waals surface area contributed by atoms with Crippen molar-refractivity contribution in [1.29, 1.82) is 0 Å². The number of para-hydroxylation sites is 3. The van der Waals surface area contributed by atoms with Crippen molar-refractivity contribution >= 4 is 65.6 Å². The number of rotatable bonds is 4. The lowest BCUT2D eigenvalue weighted by Crippen LogP contribution is -1.97. The zero-order chi connectivity index (χ0) is 33.5. The predicted molar refractivity (Wildman–Crippen MR) is 213 cm³/mol. The number of hydrogen-bond donors (Lipinski definition) is 0. The van der Waals surface area contributed by atoms with Gasteiger partial charge in [0.1, 0.15) is 11.2 Å². The minimum Gasteiger partial charge on any atom is -0.456 e.